The van der Waals surface area contributed by atoms with Crippen LogP contribution in [0.25, 0.3) is 0 Å². The molecule has 0 spiro atoms. The Hall–Kier alpha value is -0.850. The summed E-state index contributed by atoms with van der Waals surface area (Å²) in [5.74, 6) is 1.67. The molecule has 58 valence electrons. The number of nitrogens with zero attached hydrogens (tertiary/aromatic N) is 1. The van der Waals surface area contributed by atoms with Crippen LogP contribution in [0.2, 0.25) is 0 Å². The van der Waals surface area contributed by atoms with E-state index >= 15 is 0 Å². The van der Waals surface area contributed by atoms with Crippen molar-refractivity contribution in [1.29, 1.82) is 0 Å². The molecule has 1 aromatic rings. The van der Waals surface area contributed by atoms with Gasteiger partial charge in [-0.3, -0.25) is 4.98 Å². The standard InChI is InChI=1S/C10H13N/c1-8-4-5-10(8)9-3-2-6-11-7-9/h2-3,6-8,10H,4-5H2,1H3. The molecular formula is C10H13N. The molecule has 0 aliphatic heterocycles. The van der Waals surface area contributed by atoms with E-state index in [1.807, 2.05) is 18.5 Å². The zero-order chi connectivity index (χ0) is 7.68. The first-order valence-electron chi connectivity index (χ1n) is 4.28. The molecule has 1 aliphatic rings. The van der Waals surface area contributed by atoms with Gasteiger partial charge in [-0.2, -0.15) is 0 Å². The third kappa shape index (κ3) is 1.15. The molecule has 1 heteroatoms. The summed E-state index contributed by atoms with van der Waals surface area (Å²) in [6.45, 7) is 2.32. The SMILES string of the molecule is CC1CCC1c1cccnc1. The molecule has 0 aromatic carbocycles. The van der Waals surface area contributed by atoms with E-state index in [-0.39, 0.29) is 0 Å². The van der Waals surface area contributed by atoms with Gasteiger partial charge in [-0.25, -0.2) is 0 Å². The minimum atomic E-state index is 0.795. The van der Waals surface area contributed by atoms with Gasteiger partial charge in [0.05, 0.1) is 0 Å². The fraction of sp³-hybridized carbons (Fsp3) is 0.500. The van der Waals surface area contributed by atoms with Crippen LogP contribution in [0, 0.1) is 5.92 Å². The molecule has 1 nitrogen and oxygen atoms in total. The van der Waals surface area contributed by atoms with Crippen LogP contribution in [-0.4, -0.2) is 4.98 Å². The second-order valence-electron chi connectivity index (χ2n) is 3.45. The van der Waals surface area contributed by atoms with Crippen LogP contribution < -0.4 is 0 Å². The van der Waals surface area contributed by atoms with E-state index in [2.05, 4.69) is 18.0 Å². The molecule has 1 heterocycles. The summed E-state index contributed by atoms with van der Waals surface area (Å²) in [5, 5.41) is 0. The van der Waals surface area contributed by atoms with E-state index in [4.69, 9.17) is 0 Å². The Bertz CT molecular complexity index is 230. The second-order valence-corrected chi connectivity index (χ2v) is 3.45. The van der Waals surface area contributed by atoms with Gasteiger partial charge in [0.25, 0.3) is 0 Å². The summed E-state index contributed by atoms with van der Waals surface area (Å²) < 4.78 is 0. The summed E-state index contributed by atoms with van der Waals surface area (Å²) >= 11 is 0. The Morgan fingerprint density at radius 3 is 2.82 bits per heavy atom. The molecule has 1 saturated carbocycles. The summed E-state index contributed by atoms with van der Waals surface area (Å²) in [7, 11) is 0. The van der Waals surface area contributed by atoms with Gasteiger partial charge in [-0.1, -0.05) is 13.0 Å². The van der Waals surface area contributed by atoms with E-state index < -0.39 is 0 Å². The Kier molecular flexibility index (Phi) is 1.65. The molecule has 11 heavy (non-hydrogen) atoms. The van der Waals surface area contributed by atoms with Crippen LogP contribution in [0.4, 0.5) is 0 Å². The highest BCUT2D eigenvalue weighted by atomic mass is 14.6. The molecule has 0 saturated heterocycles. The first kappa shape index (κ1) is 6.84. The number of aromatic nitrogens is 1. The molecule has 1 fully saturated rings. The molecule has 1 aromatic heterocycles. The smallest absolute Gasteiger partial charge is 0.0302 e. The summed E-state index contributed by atoms with van der Waals surface area (Å²) in [6.07, 6.45) is 6.58. The van der Waals surface area contributed by atoms with Crippen molar-refractivity contribution in [2.75, 3.05) is 0 Å². The van der Waals surface area contributed by atoms with Gasteiger partial charge in [0, 0.05) is 12.4 Å². The first-order chi connectivity index (χ1) is 5.38. The maximum atomic E-state index is 4.12. The van der Waals surface area contributed by atoms with Crippen molar-refractivity contribution in [3.63, 3.8) is 0 Å². The fourth-order valence-electron chi connectivity index (χ4n) is 1.76. The third-order valence-corrected chi connectivity index (χ3v) is 2.73. The molecule has 2 unspecified atom stereocenters. The lowest BCUT2D eigenvalue weighted by Crippen LogP contribution is -2.20. The second kappa shape index (κ2) is 2.65. The van der Waals surface area contributed by atoms with Crippen LogP contribution in [0.5, 0.6) is 0 Å². The van der Waals surface area contributed by atoms with Crippen molar-refractivity contribution in [1.82, 2.24) is 4.98 Å². The molecule has 0 N–H and O–H groups in total. The summed E-state index contributed by atoms with van der Waals surface area (Å²) in [6, 6.07) is 4.22. The average Bonchev–Trinajstić information content (AvgIpc) is 2.04. The van der Waals surface area contributed by atoms with E-state index in [9.17, 15) is 0 Å². The Morgan fingerprint density at radius 1 is 1.45 bits per heavy atom. The highest BCUT2D eigenvalue weighted by molar-refractivity contribution is 5.18. The van der Waals surface area contributed by atoms with Crippen molar-refractivity contribution in [2.45, 2.75) is 25.7 Å². The van der Waals surface area contributed by atoms with Gasteiger partial charge in [0.2, 0.25) is 0 Å². The highest BCUT2D eigenvalue weighted by Gasteiger charge is 2.27. The zero-order valence-corrected chi connectivity index (χ0v) is 6.83. The quantitative estimate of drug-likeness (QED) is 0.595. The minimum absolute atomic E-state index is 0.795. The van der Waals surface area contributed by atoms with Crippen molar-refractivity contribution >= 4 is 0 Å². The van der Waals surface area contributed by atoms with E-state index in [1.165, 1.54) is 18.4 Å². The fourth-order valence-corrected chi connectivity index (χ4v) is 1.76. The molecule has 0 amide bonds. The molecule has 2 atom stereocenters. The molecule has 0 bridgehead atoms. The molecule has 1 aliphatic carbocycles. The maximum absolute atomic E-state index is 4.12. The first-order valence-corrected chi connectivity index (χ1v) is 4.28. The number of rotatable bonds is 1. The van der Waals surface area contributed by atoms with Crippen LogP contribution >= 0.6 is 0 Å². The molecule has 2 rings (SSSR count). The van der Waals surface area contributed by atoms with Gasteiger partial charge >= 0.3 is 0 Å². The van der Waals surface area contributed by atoms with Gasteiger partial charge < -0.3 is 0 Å². The van der Waals surface area contributed by atoms with Gasteiger partial charge in [0.15, 0.2) is 0 Å². The van der Waals surface area contributed by atoms with Crippen LogP contribution in [0.15, 0.2) is 24.5 Å². The maximum Gasteiger partial charge on any atom is 0.0302 e. The highest BCUT2D eigenvalue weighted by Crippen LogP contribution is 2.41. The van der Waals surface area contributed by atoms with E-state index in [0.29, 0.717) is 0 Å². The van der Waals surface area contributed by atoms with Crippen LogP contribution in [0.3, 0.4) is 0 Å². The van der Waals surface area contributed by atoms with Crippen molar-refractivity contribution in [3.05, 3.63) is 30.1 Å². The lowest BCUT2D eigenvalue weighted by Gasteiger charge is -2.33. The zero-order valence-electron chi connectivity index (χ0n) is 6.83. The Balaban J connectivity index is 2.17. The summed E-state index contributed by atoms with van der Waals surface area (Å²) in [5.41, 5.74) is 1.42. The Morgan fingerprint density at radius 2 is 2.36 bits per heavy atom. The topological polar surface area (TPSA) is 12.9 Å². The van der Waals surface area contributed by atoms with Crippen LogP contribution in [-0.2, 0) is 0 Å². The third-order valence-electron chi connectivity index (χ3n) is 2.73. The lowest BCUT2D eigenvalue weighted by molar-refractivity contribution is 0.280. The van der Waals surface area contributed by atoms with E-state index in [1.54, 1.807) is 0 Å². The summed E-state index contributed by atoms with van der Waals surface area (Å²) in [4.78, 5) is 4.12. The largest absolute Gasteiger partial charge is 0.264 e. The molecular weight excluding hydrogens is 134 g/mol. The number of pyridine rings is 1. The normalized spacial score (nSPS) is 29.5. The Labute approximate surface area is 67.5 Å². The predicted molar refractivity (Wildman–Crippen MR) is 45.4 cm³/mol. The average molecular weight is 147 g/mol. The molecule has 0 radical (unpaired) electrons. The van der Waals surface area contributed by atoms with Gasteiger partial charge in [-0.15, -0.1) is 0 Å². The van der Waals surface area contributed by atoms with Crippen LogP contribution in [0.1, 0.15) is 31.2 Å². The lowest BCUT2D eigenvalue weighted by atomic mass is 9.72. The van der Waals surface area contributed by atoms with Gasteiger partial charge in [-0.05, 0) is 36.3 Å². The monoisotopic (exact) mass is 147 g/mol. The van der Waals surface area contributed by atoms with Crippen molar-refractivity contribution < 1.29 is 0 Å². The van der Waals surface area contributed by atoms with E-state index in [0.717, 1.165) is 11.8 Å². The number of hydrogen-bond donors (Lipinski definition) is 0. The van der Waals surface area contributed by atoms with Gasteiger partial charge in [0.1, 0.15) is 0 Å². The van der Waals surface area contributed by atoms with Crippen molar-refractivity contribution in [3.8, 4) is 0 Å². The number of hydrogen-bond acceptors (Lipinski definition) is 1. The minimum Gasteiger partial charge on any atom is -0.264 e. The van der Waals surface area contributed by atoms with Crippen molar-refractivity contribution in [2.24, 2.45) is 5.92 Å². The predicted octanol–water partition coefficient (Wildman–Crippen LogP) is 2.60.